The highest BCUT2D eigenvalue weighted by Crippen LogP contribution is 2.55. The molecule has 0 saturated heterocycles. The zero-order chi connectivity index (χ0) is 17.0. The molecule has 2 rings (SSSR count). The first-order valence-corrected chi connectivity index (χ1v) is 6.23. The van der Waals surface area contributed by atoms with Crippen molar-refractivity contribution in [2.75, 3.05) is 0 Å². The second-order valence-electron chi connectivity index (χ2n) is 6.10. The molecule has 1 heteroatoms. The molecule has 2 aliphatic carbocycles. The van der Waals surface area contributed by atoms with Crippen molar-refractivity contribution in [3.05, 3.63) is 11.1 Å². The first kappa shape index (κ1) is 6.58. The summed E-state index contributed by atoms with van der Waals surface area (Å²) in [6.45, 7) is -1.25. The van der Waals surface area contributed by atoms with E-state index in [2.05, 4.69) is 6.92 Å². The Balaban J connectivity index is 2.45. The number of hydrogen-bond acceptors (Lipinski definition) is 1. The molecular weight excluding hydrogens is 196 g/mol. The fraction of sp³-hybridized carbons (Fsp3) is 0.867. The van der Waals surface area contributed by atoms with Crippen molar-refractivity contribution in [3.63, 3.8) is 0 Å². The van der Waals surface area contributed by atoms with Crippen LogP contribution in [0, 0.1) is 11.3 Å². The molecule has 0 heterocycles. The maximum Gasteiger partial charge on any atom is 0.0656 e. The van der Waals surface area contributed by atoms with Crippen molar-refractivity contribution in [1.82, 2.24) is 0 Å². The number of allylic oxidation sites excluding steroid dienone is 2. The van der Waals surface area contributed by atoms with Gasteiger partial charge in [0.25, 0.3) is 0 Å². The lowest BCUT2D eigenvalue weighted by atomic mass is 9.54. The number of rotatable bonds is 0. The minimum atomic E-state index is -2.60. The Kier molecular flexibility index (Phi) is 1.59. The van der Waals surface area contributed by atoms with Gasteiger partial charge in [0, 0.05) is 8.22 Å². The van der Waals surface area contributed by atoms with Crippen molar-refractivity contribution >= 4 is 0 Å². The largest absolute Gasteiger partial charge is 0.390 e. The highest BCUT2D eigenvalue weighted by Gasteiger charge is 2.49. The summed E-state index contributed by atoms with van der Waals surface area (Å²) in [5, 5.41) is 10.7. The summed E-state index contributed by atoms with van der Waals surface area (Å²) in [6.07, 6.45) is 4.31. The average molecular weight is 228 g/mol. The van der Waals surface area contributed by atoms with E-state index in [-0.39, 0.29) is 16.9 Å². The van der Waals surface area contributed by atoms with E-state index in [1.54, 1.807) is 0 Å². The highest BCUT2D eigenvalue weighted by molar-refractivity contribution is 5.18. The molecule has 0 bridgehead atoms. The molecule has 0 aromatic carbocycles. The fourth-order valence-electron chi connectivity index (χ4n) is 3.73. The topological polar surface area (TPSA) is 20.2 Å². The number of fused-ring (bicyclic) bond motifs is 1. The summed E-state index contributed by atoms with van der Waals surface area (Å²) in [4.78, 5) is 0. The van der Waals surface area contributed by atoms with Gasteiger partial charge in [0.1, 0.15) is 0 Å². The van der Waals surface area contributed by atoms with Crippen molar-refractivity contribution in [2.24, 2.45) is 11.3 Å². The van der Waals surface area contributed by atoms with Gasteiger partial charge in [-0.25, -0.2) is 0 Å². The number of aliphatic hydroxyl groups is 1. The van der Waals surface area contributed by atoms with Gasteiger partial charge in [0.05, 0.1) is 5.60 Å². The normalized spacial score (nSPS) is 51.2. The van der Waals surface area contributed by atoms with E-state index < -0.39 is 19.3 Å². The summed E-state index contributed by atoms with van der Waals surface area (Å²) in [5.74, 6) is -0.0720. The van der Waals surface area contributed by atoms with Crippen LogP contribution in [0.3, 0.4) is 0 Å². The Morgan fingerprint density at radius 3 is 2.75 bits per heavy atom. The summed E-state index contributed by atoms with van der Waals surface area (Å²) in [6, 6.07) is 0. The van der Waals surface area contributed by atoms with E-state index in [4.69, 9.17) is 8.22 Å². The first-order valence-electron chi connectivity index (χ1n) is 9.23. The van der Waals surface area contributed by atoms with Gasteiger partial charge >= 0.3 is 0 Å². The van der Waals surface area contributed by atoms with Crippen molar-refractivity contribution < 1.29 is 13.3 Å². The van der Waals surface area contributed by atoms with Gasteiger partial charge in [-0.05, 0) is 64.1 Å². The highest BCUT2D eigenvalue weighted by atomic mass is 16.3. The predicted octanol–water partition coefficient (Wildman–Crippen LogP) is 4.06. The first-order chi connectivity index (χ1) is 9.77. The Morgan fingerprint density at radius 1 is 1.31 bits per heavy atom. The third-order valence-corrected chi connectivity index (χ3v) is 4.82. The minimum Gasteiger partial charge on any atom is -0.390 e. The molecule has 0 aromatic rings. The molecule has 0 aliphatic heterocycles. The van der Waals surface area contributed by atoms with Crippen molar-refractivity contribution in [2.45, 2.75) is 71.7 Å². The molecule has 0 amide bonds. The molecule has 0 aromatic heterocycles. The van der Waals surface area contributed by atoms with Gasteiger partial charge < -0.3 is 5.11 Å². The van der Waals surface area contributed by atoms with Gasteiger partial charge in [-0.3, -0.25) is 0 Å². The van der Waals surface area contributed by atoms with Crippen molar-refractivity contribution in [3.8, 4) is 0 Å². The van der Waals surface area contributed by atoms with Crippen LogP contribution in [0.25, 0.3) is 0 Å². The maximum absolute atomic E-state index is 10.7. The van der Waals surface area contributed by atoms with Gasteiger partial charge in [-0.2, -0.15) is 0 Å². The smallest absolute Gasteiger partial charge is 0.0656 e. The standard InChI is InChI=1S/C15H26O/c1-11(2)12-6-9-14(3)7-5-8-15(4,16)13(14)10-12/h13,16H,5-10H2,1-4H3/t13-,14-,15-/m1/s1/i1D3,2D3. The van der Waals surface area contributed by atoms with Crippen LogP contribution in [0.15, 0.2) is 11.1 Å². The molecule has 2 fully saturated rings. The predicted molar refractivity (Wildman–Crippen MR) is 68.3 cm³/mol. The second kappa shape index (κ2) is 3.87. The van der Waals surface area contributed by atoms with Crippen LogP contribution in [0.2, 0.25) is 0 Å². The lowest BCUT2D eigenvalue weighted by Gasteiger charge is -2.53. The Hall–Kier alpha value is -0.300. The molecule has 0 radical (unpaired) electrons. The monoisotopic (exact) mass is 228 g/mol. The third kappa shape index (κ3) is 1.95. The quantitative estimate of drug-likeness (QED) is 0.620. The lowest BCUT2D eigenvalue weighted by Crippen LogP contribution is -2.50. The van der Waals surface area contributed by atoms with Crippen LogP contribution in [0.1, 0.15) is 74.3 Å². The third-order valence-electron chi connectivity index (χ3n) is 4.82. The Bertz CT molecular complexity index is 457. The van der Waals surface area contributed by atoms with Gasteiger partial charge in [0.15, 0.2) is 0 Å². The van der Waals surface area contributed by atoms with E-state index in [9.17, 15) is 5.11 Å². The van der Waals surface area contributed by atoms with Crippen molar-refractivity contribution in [1.29, 1.82) is 0 Å². The maximum atomic E-state index is 10.7. The second-order valence-corrected chi connectivity index (χ2v) is 6.10. The van der Waals surface area contributed by atoms with E-state index in [1.165, 1.54) is 0 Å². The van der Waals surface area contributed by atoms with Crippen LogP contribution >= 0.6 is 0 Å². The molecular formula is C15H26O. The summed E-state index contributed by atoms with van der Waals surface area (Å²) in [7, 11) is 0. The SMILES string of the molecule is [2H]C([2H])([2H])C(=C1CC[C@@]2(C)CCC[C@@](C)(O)[C@@H]2C1)C([2H])([2H])[2H]. The minimum absolute atomic E-state index is 0.0279. The van der Waals surface area contributed by atoms with E-state index in [1.807, 2.05) is 6.92 Å². The summed E-state index contributed by atoms with van der Waals surface area (Å²) >= 11 is 0. The molecule has 3 atom stereocenters. The molecule has 0 unspecified atom stereocenters. The molecule has 2 saturated carbocycles. The Labute approximate surface area is 108 Å². The van der Waals surface area contributed by atoms with Crippen LogP contribution in [0.5, 0.6) is 0 Å². The fourth-order valence-corrected chi connectivity index (χ4v) is 3.73. The van der Waals surface area contributed by atoms with Gasteiger partial charge in [-0.1, -0.05) is 24.5 Å². The number of hydrogen-bond donors (Lipinski definition) is 1. The van der Waals surface area contributed by atoms with Crippen LogP contribution in [-0.2, 0) is 0 Å². The Morgan fingerprint density at radius 2 is 2.06 bits per heavy atom. The van der Waals surface area contributed by atoms with E-state index >= 15 is 0 Å². The molecule has 0 spiro atoms. The lowest BCUT2D eigenvalue weighted by molar-refractivity contribution is -0.105. The molecule has 16 heavy (non-hydrogen) atoms. The van der Waals surface area contributed by atoms with E-state index in [0.29, 0.717) is 24.8 Å². The van der Waals surface area contributed by atoms with Gasteiger partial charge in [0.2, 0.25) is 0 Å². The summed E-state index contributed by atoms with van der Waals surface area (Å²) in [5.41, 5.74) is -0.735. The molecule has 2 aliphatic rings. The van der Waals surface area contributed by atoms with Gasteiger partial charge in [-0.15, -0.1) is 0 Å². The van der Waals surface area contributed by atoms with Crippen LogP contribution < -0.4 is 0 Å². The summed E-state index contributed by atoms with van der Waals surface area (Å²) < 4.78 is 45.7. The zero-order valence-corrected chi connectivity index (χ0v) is 10.3. The molecule has 92 valence electrons. The zero-order valence-electron chi connectivity index (χ0n) is 16.3. The average Bonchev–Trinajstić information content (AvgIpc) is 2.26. The molecule has 1 N–H and O–H groups in total. The van der Waals surface area contributed by atoms with Crippen LogP contribution in [0.4, 0.5) is 0 Å². The van der Waals surface area contributed by atoms with E-state index in [0.717, 1.165) is 19.3 Å². The molecule has 1 nitrogen and oxygen atoms in total. The van der Waals surface area contributed by atoms with Crippen LogP contribution in [-0.4, -0.2) is 10.7 Å².